The van der Waals surface area contributed by atoms with Gasteiger partial charge in [0.1, 0.15) is 11.4 Å². The van der Waals surface area contributed by atoms with Gasteiger partial charge in [0.05, 0.1) is 37.0 Å². The third-order valence-corrected chi connectivity index (χ3v) is 5.66. The fourth-order valence-corrected chi connectivity index (χ4v) is 3.90. The summed E-state index contributed by atoms with van der Waals surface area (Å²) in [6, 6.07) is 1.86. The summed E-state index contributed by atoms with van der Waals surface area (Å²) in [6.07, 6.45) is 4.49. The van der Waals surface area contributed by atoms with Gasteiger partial charge in [-0.3, -0.25) is 9.78 Å². The molecule has 0 atom stereocenters. The topological polar surface area (TPSA) is 139 Å². The van der Waals surface area contributed by atoms with Gasteiger partial charge in [-0.2, -0.15) is 0 Å². The summed E-state index contributed by atoms with van der Waals surface area (Å²) in [5.74, 6) is 0.0926. The molecule has 2 aromatic heterocycles. The van der Waals surface area contributed by atoms with Gasteiger partial charge in [-0.25, -0.2) is 14.8 Å². The van der Waals surface area contributed by atoms with E-state index in [1.807, 2.05) is 31.7 Å². The Morgan fingerprint density at radius 3 is 2.46 bits per heavy atom. The average molecular weight is 485 g/mol. The summed E-state index contributed by atoms with van der Waals surface area (Å²) >= 11 is 0. The normalized spacial score (nSPS) is 16.7. The van der Waals surface area contributed by atoms with Gasteiger partial charge in [0.2, 0.25) is 0 Å². The van der Waals surface area contributed by atoms with E-state index < -0.39 is 11.5 Å². The Balaban J connectivity index is 1.44. The fraction of sp³-hybridized carbons (Fsp3) is 0.522. The first-order valence-electron chi connectivity index (χ1n) is 11.6. The average Bonchev–Trinajstić information content (AvgIpc) is 2.84. The van der Waals surface area contributed by atoms with Gasteiger partial charge in [-0.1, -0.05) is 0 Å². The van der Waals surface area contributed by atoms with Crippen molar-refractivity contribution in [2.75, 3.05) is 73.3 Å². The highest BCUT2D eigenvalue weighted by Crippen LogP contribution is 2.26. The van der Waals surface area contributed by atoms with E-state index in [0.717, 1.165) is 18.8 Å². The molecule has 2 fully saturated rings. The van der Waals surface area contributed by atoms with E-state index >= 15 is 0 Å². The SMILES string of the molecule is CC(C)(C)OC(=O)N1CCN(c2cnc(N)c(C(=O)Nc3cnccc3N3CCOCC3)n2)CC1. The van der Waals surface area contributed by atoms with Crippen LogP contribution in [-0.4, -0.2) is 89.9 Å². The minimum Gasteiger partial charge on any atom is -0.444 e. The Labute approximate surface area is 204 Å². The minimum absolute atomic E-state index is 0.0360. The summed E-state index contributed by atoms with van der Waals surface area (Å²) in [6.45, 7) is 10.2. The largest absolute Gasteiger partial charge is 0.444 e. The van der Waals surface area contributed by atoms with Crippen molar-refractivity contribution in [2.24, 2.45) is 0 Å². The van der Waals surface area contributed by atoms with Crippen molar-refractivity contribution >= 4 is 35.0 Å². The highest BCUT2D eigenvalue weighted by Gasteiger charge is 2.27. The van der Waals surface area contributed by atoms with Crippen LogP contribution < -0.4 is 20.9 Å². The van der Waals surface area contributed by atoms with Crippen LogP contribution >= 0.6 is 0 Å². The zero-order valence-corrected chi connectivity index (χ0v) is 20.4. The highest BCUT2D eigenvalue weighted by atomic mass is 16.6. The molecule has 12 heteroatoms. The number of amides is 2. The molecule has 0 spiro atoms. The number of hydrogen-bond acceptors (Lipinski definition) is 10. The number of ether oxygens (including phenoxy) is 2. The maximum absolute atomic E-state index is 13.1. The fourth-order valence-electron chi connectivity index (χ4n) is 3.90. The van der Waals surface area contributed by atoms with Crippen molar-refractivity contribution in [2.45, 2.75) is 26.4 Å². The standard InChI is InChI=1S/C23H32N8O4/c1-23(2,3)35-22(33)31-8-6-30(7-9-31)18-15-26-20(24)19(28-18)21(32)27-16-14-25-5-4-17(16)29-10-12-34-13-11-29/h4-5,14-15H,6-13H2,1-3H3,(H2,24,26)(H,27,32). The molecule has 4 heterocycles. The van der Waals surface area contributed by atoms with Gasteiger partial charge in [0.25, 0.3) is 5.91 Å². The second-order valence-corrected chi connectivity index (χ2v) is 9.36. The number of morpholine rings is 1. The molecule has 0 aliphatic carbocycles. The van der Waals surface area contributed by atoms with Crippen molar-refractivity contribution in [1.82, 2.24) is 19.9 Å². The molecule has 2 aromatic rings. The van der Waals surface area contributed by atoms with Crippen molar-refractivity contribution in [3.8, 4) is 0 Å². The molecule has 188 valence electrons. The van der Waals surface area contributed by atoms with Gasteiger partial charge >= 0.3 is 6.09 Å². The van der Waals surface area contributed by atoms with Crippen LogP contribution in [0.25, 0.3) is 0 Å². The van der Waals surface area contributed by atoms with Gasteiger partial charge in [0.15, 0.2) is 11.5 Å². The molecule has 35 heavy (non-hydrogen) atoms. The van der Waals surface area contributed by atoms with Crippen LogP contribution in [0.2, 0.25) is 0 Å². The van der Waals surface area contributed by atoms with Crippen molar-refractivity contribution in [3.63, 3.8) is 0 Å². The number of nitrogens with two attached hydrogens (primary N) is 1. The predicted octanol–water partition coefficient (Wildman–Crippen LogP) is 1.60. The van der Waals surface area contributed by atoms with Crippen LogP contribution in [0.1, 0.15) is 31.3 Å². The lowest BCUT2D eigenvalue weighted by molar-refractivity contribution is 0.0240. The molecule has 0 bridgehead atoms. The highest BCUT2D eigenvalue weighted by molar-refractivity contribution is 6.07. The second-order valence-electron chi connectivity index (χ2n) is 9.36. The zero-order valence-electron chi connectivity index (χ0n) is 20.4. The van der Waals surface area contributed by atoms with E-state index in [1.165, 1.54) is 0 Å². The van der Waals surface area contributed by atoms with E-state index in [0.29, 0.717) is 50.9 Å². The third-order valence-electron chi connectivity index (χ3n) is 5.66. The van der Waals surface area contributed by atoms with Crippen LogP contribution in [0.4, 0.5) is 27.8 Å². The lowest BCUT2D eigenvalue weighted by Crippen LogP contribution is -2.50. The number of nitrogens with zero attached hydrogens (tertiary/aromatic N) is 6. The number of rotatable bonds is 4. The summed E-state index contributed by atoms with van der Waals surface area (Å²) in [7, 11) is 0. The predicted molar refractivity (Wildman–Crippen MR) is 132 cm³/mol. The first-order chi connectivity index (χ1) is 16.7. The minimum atomic E-state index is -0.547. The summed E-state index contributed by atoms with van der Waals surface area (Å²) < 4.78 is 10.9. The van der Waals surface area contributed by atoms with Gasteiger partial charge < -0.3 is 35.2 Å². The van der Waals surface area contributed by atoms with E-state index in [2.05, 4.69) is 25.2 Å². The molecule has 2 aliphatic heterocycles. The molecule has 0 radical (unpaired) electrons. The molecule has 4 rings (SSSR count). The smallest absolute Gasteiger partial charge is 0.410 e. The molecule has 12 nitrogen and oxygen atoms in total. The molecular weight excluding hydrogens is 452 g/mol. The van der Waals surface area contributed by atoms with E-state index in [9.17, 15) is 9.59 Å². The van der Waals surface area contributed by atoms with Crippen LogP contribution in [0.15, 0.2) is 24.7 Å². The Morgan fingerprint density at radius 1 is 1.06 bits per heavy atom. The lowest BCUT2D eigenvalue weighted by Gasteiger charge is -2.36. The van der Waals surface area contributed by atoms with Gasteiger partial charge in [0, 0.05) is 45.5 Å². The third kappa shape index (κ3) is 6.07. The number of piperazine rings is 1. The molecule has 0 aromatic carbocycles. The zero-order chi connectivity index (χ0) is 25.0. The van der Waals surface area contributed by atoms with E-state index in [1.54, 1.807) is 23.5 Å². The number of carbonyl (C=O) groups is 2. The van der Waals surface area contributed by atoms with Gasteiger partial charge in [-0.05, 0) is 26.8 Å². The molecule has 2 amide bonds. The number of anilines is 4. The van der Waals surface area contributed by atoms with Crippen molar-refractivity contribution < 1.29 is 19.1 Å². The number of pyridine rings is 1. The second kappa shape index (κ2) is 10.3. The number of aromatic nitrogens is 3. The van der Waals surface area contributed by atoms with Crippen LogP contribution in [0.3, 0.4) is 0 Å². The first-order valence-corrected chi connectivity index (χ1v) is 11.6. The molecule has 0 saturated carbocycles. The van der Waals surface area contributed by atoms with Crippen molar-refractivity contribution in [3.05, 3.63) is 30.4 Å². The lowest BCUT2D eigenvalue weighted by atomic mass is 10.2. The quantitative estimate of drug-likeness (QED) is 0.658. The molecular formula is C23H32N8O4. The maximum atomic E-state index is 13.1. The first kappa shape index (κ1) is 24.5. The number of hydrogen-bond donors (Lipinski definition) is 2. The molecule has 0 unspecified atom stereocenters. The Morgan fingerprint density at radius 2 is 1.77 bits per heavy atom. The molecule has 2 saturated heterocycles. The van der Waals surface area contributed by atoms with Crippen molar-refractivity contribution in [1.29, 1.82) is 0 Å². The van der Waals surface area contributed by atoms with Crippen LogP contribution in [0, 0.1) is 0 Å². The summed E-state index contributed by atoms with van der Waals surface area (Å²) in [5, 5.41) is 2.88. The van der Waals surface area contributed by atoms with E-state index in [4.69, 9.17) is 15.2 Å². The van der Waals surface area contributed by atoms with Crippen LogP contribution in [-0.2, 0) is 9.47 Å². The monoisotopic (exact) mass is 484 g/mol. The van der Waals surface area contributed by atoms with Gasteiger partial charge in [-0.15, -0.1) is 0 Å². The Bertz CT molecular complexity index is 1060. The maximum Gasteiger partial charge on any atom is 0.410 e. The Kier molecular flexibility index (Phi) is 7.20. The molecule has 3 N–H and O–H groups in total. The summed E-state index contributed by atoms with van der Waals surface area (Å²) in [5.41, 5.74) is 6.92. The number of carbonyl (C=O) groups excluding carboxylic acids is 2. The summed E-state index contributed by atoms with van der Waals surface area (Å²) in [4.78, 5) is 44.1. The van der Waals surface area contributed by atoms with E-state index in [-0.39, 0.29) is 17.6 Å². The number of nitrogens with one attached hydrogen (secondary N) is 1. The van der Waals surface area contributed by atoms with Crippen LogP contribution in [0.5, 0.6) is 0 Å². The number of nitrogen functional groups attached to an aromatic ring is 1. The molecule has 2 aliphatic rings. The Hall–Kier alpha value is -3.67.